The Morgan fingerprint density at radius 1 is 1.04 bits per heavy atom. The van der Waals surface area contributed by atoms with E-state index in [4.69, 9.17) is 4.98 Å². The molecule has 5 heteroatoms. The largest absolute Gasteiger partial charge is 0.334 e. The average molecular weight is 359 g/mol. The number of fused-ring (bicyclic) bond motifs is 2. The Kier molecular flexibility index (Phi) is 3.60. The second-order valence-corrected chi connectivity index (χ2v) is 7.57. The highest BCUT2D eigenvalue weighted by molar-refractivity contribution is 7.22. The van der Waals surface area contributed by atoms with Gasteiger partial charge in [0.1, 0.15) is 0 Å². The summed E-state index contributed by atoms with van der Waals surface area (Å²) in [6.45, 7) is 0.494. The number of aromatic nitrogens is 1. The molecule has 0 saturated carbocycles. The van der Waals surface area contributed by atoms with Gasteiger partial charge in [-0.1, -0.05) is 59.9 Å². The summed E-state index contributed by atoms with van der Waals surface area (Å²) in [6, 6.07) is 18.3. The molecule has 26 heavy (non-hydrogen) atoms. The number of nitrogens with one attached hydrogen (secondary N) is 2. The third kappa shape index (κ3) is 2.61. The van der Waals surface area contributed by atoms with Gasteiger partial charge in [0.15, 0.2) is 5.13 Å². The lowest BCUT2D eigenvalue weighted by atomic mass is 10.0. The van der Waals surface area contributed by atoms with Crippen LogP contribution >= 0.6 is 11.3 Å². The molecule has 2 amide bonds. The van der Waals surface area contributed by atoms with Crippen LogP contribution in [0.15, 0.2) is 54.6 Å². The van der Waals surface area contributed by atoms with Crippen LogP contribution in [0.5, 0.6) is 0 Å². The Bertz CT molecular complexity index is 1130. The lowest BCUT2D eigenvalue weighted by Gasteiger charge is -2.05. The Morgan fingerprint density at radius 2 is 1.88 bits per heavy atom. The Hall–Kier alpha value is -2.92. The van der Waals surface area contributed by atoms with Gasteiger partial charge in [-0.3, -0.25) is 5.32 Å². The summed E-state index contributed by atoms with van der Waals surface area (Å²) in [7, 11) is 0. The van der Waals surface area contributed by atoms with Crippen LogP contribution in [0.1, 0.15) is 16.7 Å². The van der Waals surface area contributed by atoms with Crippen molar-refractivity contribution in [3.8, 4) is 0 Å². The number of anilines is 1. The molecular weight excluding hydrogens is 342 g/mol. The molecule has 2 N–H and O–H groups in total. The van der Waals surface area contributed by atoms with E-state index in [1.54, 1.807) is 0 Å². The molecule has 0 atom stereocenters. The molecule has 1 aromatic heterocycles. The minimum Gasteiger partial charge on any atom is -0.334 e. The Balaban J connectivity index is 1.41. The van der Waals surface area contributed by atoms with E-state index in [0.29, 0.717) is 11.7 Å². The zero-order chi connectivity index (χ0) is 17.5. The van der Waals surface area contributed by atoms with Crippen molar-refractivity contribution in [2.24, 2.45) is 0 Å². The molecule has 1 aliphatic rings. The summed E-state index contributed by atoms with van der Waals surface area (Å²) >= 11 is 1.53. The standard InChI is InChI=1S/C21H17N3OS/c25-20(22-12-13-5-2-1-3-6-13)24-21-23-19-16-8-4-7-14-9-10-15(18(14)16)11-17(19)26-21/h1-8,11H,9-10,12H2,(H2,22,23,24,25). The predicted molar refractivity (Wildman–Crippen MR) is 107 cm³/mol. The molecule has 0 radical (unpaired) electrons. The fourth-order valence-electron chi connectivity index (χ4n) is 3.68. The maximum absolute atomic E-state index is 12.2. The molecule has 0 spiro atoms. The lowest BCUT2D eigenvalue weighted by molar-refractivity contribution is 0.251. The minimum atomic E-state index is -0.231. The quantitative estimate of drug-likeness (QED) is 0.548. The van der Waals surface area contributed by atoms with Crippen LogP contribution < -0.4 is 10.6 Å². The molecule has 128 valence electrons. The van der Waals surface area contributed by atoms with Gasteiger partial charge in [-0.05, 0) is 41.0 Å². The number of amides is 2. The first-order valence-electron chi connectivity index (χ1n) is 8.71. The summed E-state index contributed by atoms with van der Waals surface area (Å²) in [6.07, 6.45) is 2.20. The van der Waals surface area contributed by atoms with Crippen LogP contribution in [-0.2, 0) is 19.4 Å². The van der Waals surface area contributed by atoms with E-state index in [1.165, 1.54) is 33.2 Å². The van der Waals surface area contributed by atoms with Gasteiger partial charge < -0.3 is 5.32 Å². The highest BCUT2D eigenvalue weighted by Gasteiger charge is 2.18. The van der Waals surface area contributed by atoms with Crippen molar-refractivity contribution in [2.75, 3.05) is 5.32 Å². The van der Waals surface area contributed by atoms with Crippen molar-refractivity contribution < 1.29 is 4.79 Å². The molecule has 1 aliphatic carbocycles. The van der Waals surface area contributed by atoms with Crippen molar-refractivity contribution in [1.29, 1.82) is 0 Å². The molecule has 4 aromatic rings. The van der Waals surface area contributed by atoms with Gasteiger partial charge in [0.05, 0.1) is 10.2 Å². The first-order valence-corrected chi connectivity index (χ1v) is 9.52. The second kappa shape index (κ2) is 6.11. The number of carbonyl (C=O) groups excluding carboxylic acids is 1. The van der Waals surface area contributed by atoms with Crippen LogP contribution in [0, 0.1) is 0 Å². The minimum absolute atomic E-state index is 0.231. The average Bonchev–Trinajstić information content (AvgIpc) is 3.26. The summed E-state index contributed by atoms with van der Waals surface area (Å²) < 4.78 is 1.13. The summed E-state index contributed by atoms with van der Waals surface area (Å²) in [4.78, 5) is 16.9. The van der Waals surface area contributed by atoms with Crippen molar-refractivity contribution in [3.63, 3.8) is 0 Å². The van der Waals surface area contributed by atoms with Crippen molar-refractivity contribution >= 4 is 43.5 Å². The second-order valence-electron chi connectivity index (χ2n) is 6.53. The molecule has 4 nitrogen and oxygen atoms in total. The summed E-state index contributed by atoms with van der Waals surface area (Å²) in [5.74, 6) is 0. The molecule has 1 heterocycles. The normalized spacial score (nSPS) is 12.6. The molecule has 0 aliphatic heterocycles. The molecule has 3 aromatic carbocycles. The predicted octanol–water partition coefficient (Wildman–Crippen LogP) is 4.87. The van der Waals surface area contributed by atoms with E-state index < -0.39 is 0 Å². The number of carbonyl (C=O) groups is 1. The van der Waals surface area contributed by atoms with Crippen LogP contribution in [-0.4, -0.2) is 11.0 Å². The highest BCUT2D eigenvalue weighted by atomic mass is 32.1. The van der Waals surface area contributed by atoms with Crippen LogP contribution in [0.3, 0.4) is 0 Å². The highest BCUT2D eigenvalue weighted by Crippen LogP contribution is 2.38. The molecule has 0 bridgehead atoms. The maximum Gasteiger partial charge on any atom is 0.321 e. The fraction of sp³-hybridized carbons (Fsp3) is 0.143. The third-order valence-corrected chi connectivity index (χ3v) is 5.78. The van der Waals surface area contributed by atoms with Gasteiger partial charge in [-0.2, -0.15) is 0 Å². The maximum atomic E-state index is 12.2. The molecule has 5 rings (SSSR count). The first kappa shape index (κ1) is 15.3. The number of nitrogens with zero attached hydrogens (tertiary/aromatic N) is 1. The van der Waals surface area contributed by atoms with E-state index in [1.807, 2.05) is 30.3 Å². The molecule has 0 fully saturated rings. The number of urea groups is 1. The third-order valence-electron chi connectivity index (χ3n) is 4.87. The zero-order valence-electron chi connectivity index (χ0n) is 14.1. The van der Waals surface area contributed by atoms with Gasteiger partial charge in [-0.25, -0.2) is 9.78 Å². The number of benzene rings is 3. The van der Waals surface area contributed by atoms with Gasteiger partial charge in [0.25, 0.3) is 0 Å². The van der Waals surface area contributed by atoms with Gasteiger partial charge in [0.2, 0.25) is 0 Å². The van der Waals surface area contributed by atoms with Crippen LogP contribution in [0.2, 0.25) is 0 Å². The molecular formula is C21H17N3OS. The molecule has 0 unspecified atom stereocenters. The smallest absolute Gasteiger partial charge is 0.321 e. The van der Waals surface area contributed by atoms with E-state index >= 15 is 0 Å². The zero-order valence-corrected chi connectivity index (χ0v) is 14.9. The topological polar surface area (TPSA) is 54.0 Å². The van der Waals surface area contributed by atoms with Gasteiger partial charge >= 0.3 is 6.03 Å². The number of hydrogen-bond donors (Lipinski definition) is 2. The first-order chi connectivity index (χ1) is 12.8. The number of aryl methyl sites for hydroxylation is 2. The van der Waals surface area contributed by atoms with E-state index in [-0.39, 0.29) is 6.03 Å². The van der Waals surface area contributed by atoms with E-state index in [0.717, 1.165) is 28.6 Å². The summed E-state index contributed by atoms with van der Waals surface area (Å²) in [5.41, 5.74) is 4.85. The van der Waals surface area contributed by atoms with Crippen LogP contribution in [0.4, 0.5) is 9.93 Å². The van der Waals surface area contributed by atoms with E-state index in [2.05, 4.69) is 34.9 Å². The monoisotopic (exact) mass is 359 g/mol. The lowest BCUT2D eigenvalue weighted by Crippen LogP contribution is -2.28. The van der Waals surface area contributed by atoms with Crippen molar-refractivity contribution in [2.45, 2.75) is 19.4 Å². The number of hydrogen-bond acceptors (Lipinski definition) is 3. The Morgan fingerprint density at radius 3 is 2.77 bits per heavy atom. The SMILES string of the molecule is O=C(NCc1ccccc1)Nc1nc2c(cc3c4c(cccc42)CC3)s1. The Labute approximate surface area is 154 Å². The number of thiazole rings is 1. The fourth-order valence-corrected chi connectivity index (χ4v) is 4.62. The number of rotatable bonds is 3. The molecule has 0 saturated heterocycles. The van der Waals surface area contributed by atoms with Gasteiger partial charge in [0, 0.05) is 11.9 Å². The van der Waals surface area contributed by atoms with Crippen molar-refractivity contribution in [3.05, 3.63) is 71.3 Å². The van der Waals surface area contributed by atoms with Crippen LogP contribution in [0.25, 0.3) is 21.0 Å². The summed E-state index contributed by atoms with van der Waals surface area (Å²) in [5, 5.41) is 8.94. The van der Waals surface area contributed by atoms with Gasteiger partial charge in [-0.15, -0.1) is 0 Å². The van der Waals surface area contributed by atoms with Crippen molar-refractivity contribution in [1.82, 2.24) is 10.3 Å². The van der Waals surface area contributed by atoms with E-state index in [9.17, 15) is 4.79 Å².